The van der Waals surface area contributed by atoms with Gasteiger partial charge < -0.3 is 10.2 Å². The van der Waals surface area contributed by atoms with Gasteiger partial charge in [-0.25, -0.2) is 17.2 Å². The molecule has 0 aliphatic carbocycles. The lowest BCUT2D eigenvalue weighted by Crippen LogP contribution is -2.52. The summed E-state index contributed by atoms with van der Waals surface area (Å²) in [6.07, 6.45) is 0.262. The van der Waals surface area contributed by atoms with E-state index in [-0.39, 0.29) is 35.4 Å². The van der Waals surface area contributed by atoms with Crippen LogP contribution in [0.4, 0.5) is 14.5 Å². The summed E-state index contributed by atoms with van der Waals surface area (Å²) in [5.74, 6) is -1.85. The third-order valence-electron chi connectivity index (χ3n) is 6.34. The Hall–Kier alpha value is -3.79. The molecule has 0 saturated heterocycles. The molecule has 0 aromatic heterocycles. The molecular weight excluding hydrogens is 536 g/mol. The van der Waals surface area contributed by atoms with Crippen molar-refractivity contribution in [2.75, 3.05) is 17.4 Å². The van der Waals surface area contributed by atoms with Gasteiger partial charge in [-0.1, -0.05) is 50.6 Å². The third kappa shape index (κ3) is 7.88. The molecule has 1 atom stereocenters. The van der Waals surface area contributed by atoms with Gasteiger partial charge in [0.2, 0.25) is 11.8 Å². The second-order valence-corrected chi connectivity index (χ2v) is 11.9. The molecule has 0 bridgehead atoms. The predicted octanol–water partition coefficient (Wildman–Crippen LogP) is 5.05. The molecule has 0 heterocycles. The fourth-order valence-corrected chi connectivity index (χ4v) is 5.52. The first-order valence-corrected chi connectivity index (χ1v) is 14.5. The van der Waals surface area contributed by atoms with E-state index in [1.807, 2.05) is 20.8 Å². The van der Waals surface area contributed by atoms with Crippen LogP contribution in [0.1, 0.15) is 38.3 Å². The van der Waals surface area contributed by atoms with Crippen LogP contribution in [0.3, 0.4) is 0 Å². The van der Waals surface area contributed by atoms with Crippen molar-refractivity contribution in [2.45, 2.75) is 51.6 Å². The van der Waals surface area contributed by atoms with Gasteiger partial charge in [-0.3, -0.25) is 13.9 Å². The van der Waals surface area contributed by atoms with E-state index in [2.05, 4.69) is 5.32 Å². The first-order valence-electron chi connectivity index (χ1n) is 13.1. The molecule has 10 heteroatoms. The largest absolute Gasteiger partial charge is 0.354 e. The molecule has 0 radical (unpaired) electrons. The number of aryl methyl sites for hydroxylation is 1. The van der Waals surface area contributed by atoms with Crippen LogP contribution in [-0.2, 0) is 26.2 Å². The van der Waals surface area contributed by atoms with Crippen molar-refractivity contribution >= 4 is 27.5 Å². The van der Waals surface area contributed by atoms with Crippen LogP contribution in [-0.4, -0.2) is 44.3 Å². The summed E-state index contributed by atoms with van der Waals surface area (Å²) in [7, 11) is -4.25. The molecule has 3 aromatic rings. The van der Waals surface area contributed by atoms with Crippen LogP contribution >= 0.6 is 0 Å². The number of nitrogens with one attached hydrogen (secondary N) is 1. The average molecular weight is 572 g/mol. The third-order valence-corrected chi connectivity index (χ3v) is 8.13. The fourth-order valence-electron chi connectivity index (χ4n) is 4.10. The number of hydrogen-bond donors (Lipinski definition) is 1. The van der Waals surface area contributed by atoms with Crippen LogP contribution in [0.25, 0.3) is 0 Å². The number of anilines is 1. The van der Waals surface area contributed by atoms with E-state index < -0.39 is 40.2 Å². The van der Waals surface area contributed by atoms with E-state index in [0.717, 1.165) is 22.0 Å². The van der Waals surface area contributed by atoms with Crippen LogP contribution in [0, 0.1) is 24.5 Å². The van der Waals surface area contributed by atoms with E-state index in [1.165, 1.54) is 53.4 Å². The highest BCUT2D eigenvalue weighted by atomic mass is 32.2. The number of rotatable bonds is 12. The zero-order valence-electron chi connectivity index (χ0n) is 23.1. The van der Waals surface area contributed by atoms with E-state index >= 15 is 0 Å². The summed E-state index contributed by atoms with van der Waals surface area (Å²) in [6, 6.07) is 15.6. The van der Waals surface area contributed by atoms with Gasteiger partial charge in [0.1, 0.15) is 24.2 Å². The lowest BCUT2D eigenvalue weighted by Gasteiger charge is -2.33. The van der Waals surface area contributed by atoms with Crippen molar-refractivity contribution in [3.05, 3.63) is 95.6 Å². The maximum atomic E-state index is 13.9. The number of carbonyl (C=O) groups is 2. The van der Waals surface area contributed by atoms with Crippen molar-refractivity contribution < 1.29 is 26.8 Å². The topological polar surface area (TPSA) is 86.8 Å². The second-order valence-electron chi connectivity index (χ2n) is 10.0. The van der Waals surface area contributed by atoms with Crippen LogP contribution in [0.2, 0.25) is 0 Å². The molecule has 40 heavy (non-hydrogen) atoms. The second kappa shape index (κ2) is 13.5. The highest BCUT2D eigenvalue weighted by Crippen LogP contribution is 2.25. The first kappa shape index (κ1) is 30.7. The number of halogens is 2. The van der Waals surface area contributed by atoms with Crippen LogP contribution in [0.15, 0.2) is 77.7 Å². The molecule has 3 rings (SSSR count). The van der Waals surface area contributed by atoms with Gasteiger partial charge in [-0.05, 0) is 73.4 Å². The number of nitrogens with zero attached hydrogens (tertiary/aromatic N) is 2. The molecule has 0 aliphatic heterocycles. The molecule has 0 saturated carbocycles. The number of carbonyl (C=O) groups excluding carboxylic acids is 2. The molecule has 7 nitrogen and oxygen atoms in total. The summed E-state index contributed by atoms with van der Waals surface area (Å²) in [6.45, 7) is 7.17. The highest BCUT2D eigenvalue weighted by molar-refractivity contribution is 7.92. The van der Waals surface area contributed by atoms with Gasteiger partial charge in [-0.15, -0.1) is 0 Å². The first-order chi connectivity index (χ1) is 18.9. The van der Waals surface area contributed by atoms with Crippen molar-refractivity contribution in [1.29, 1.82) is 0 Å². The van der Waals surface area contributed by atoms with Crippen molar-refractivity contribution in [2.24, 2.45) is 5.92 Å². The fraction of sp³-hybridized carbons (Fsp3) is 0.333. The van der Waals surface area contributed by atoms with E-state index in [9.17, 15) is 26.8 Å². The number of benzene rings is 3. The minimum atomic E-state index is -4.25. The number of hydrogen-bond acceptors (Lipinski definition) is 4. The minimum absolute atomic E-state index is 0.0398. The highest BCUT2D eigenvalue weighted by Gasteiger charge is 2.33. The van der Waals surface area contributed by atoms with Crippen molar-refractivity contribution in [3.8, 4) is 0 Å². The monoisotopic (exact) mass is 571 g/mol. The number of sulfonamides is 1. The quantitative estimate of drug-likeness (QED) is 0.330. The molecule has 0 fully saturated rings. The average Bonchev–Trinajstić information content (AvgIpc) is 2.92. The van der Waals surface area contributed by atoms with Crippen LogP contribution in [0.5, 0.6) is 0 Å². The Labute approximate surface area is 234 Å². The molecule has 214 valence electrons. The molecule has 3 aromatic carbocycles. The Morgan fingerprint density at radius 2 is 1.43 bits per heavy atom. The van der Waals surface area contributed by atoms with Crippen molar-refractivity contribution in [3.63, 3.8) is 0 Å². The Morgan fingerprint density at radius 1 is 0.875 bits per heavy atom. The molecule has 1 unspecified atom stereocenters. The van der Waals surface area contributed by atoms with E-state index in [0.29, 0.717) is 12.1 Å². The van der Waals surface area contributed by atoms with E-state index in [4.69, 9.17) is 0 Å². The summed E-state index contributed by atoms with van der Waals surface area (Å²) in [5.41, 5.74) is 1.51. The summed E-state index contributed by atoms with van der Waals surface area (Å²) in [5, 5.41) is 2.85. The van der Waals surface area contributed by atoms with Gasteiger partial charge in [0.25, 0.3) is 10.0 Å². The van der Waals surface area contributed by atoms with Crippen molar-refractivity contribution in [1.82, 2.24) is 10.2 Å². The number of amides is 2. The van der Waals surface area contributed by atoms with Crippen LogP contribution < -0.4 is 9.62 Å². The van der Waals surface area contributed by atoms with Gasteiger partial charge in [0, 0.05) is 13.1 Å². The normalized spacial score (nSPS) is 12.2. The Kier molecular flexibility index (Phi) is 10.4. The minimum Gasteiger partial charge on any atom is -0.354 e. The standard InChI is InChI=1S/C30H35F2N3O4S/c1-5-28(30(37)33-18-21(2)3)34(19-23-8-10-24(31)11-9-23)29(36)20-35(26-14-12-25(32)13-15-26)40(38,39)27-16-6-22(4)7-17-27/h6-17,21,28H,5,18-20H2,1-4H3,(H,33,37). The molecule has 2 amide bonds. The lowest BCUT2D eigenvalue weighted by atomic mass is 10.1. The zero-order valence-corrected chi connectivity index (χ0v) is 23.9. The Morgan fingerprint density at radius 3 is 1.95 bits per heavy atom. The molecule has 1 N–H and O–H groups in total. The van der Waals surface area contributed by atoms with Gasteiger partial charge in [0.15, 0.2) is 0 Å². The van der Waals surface area contributed by atoms with Gasteiger partial charge in [0.05, 0.1) is 10.6 Å². The Balaban J connectivity index is 2.03. The summed E-state index contributed by atoms with van der Waals surface area (Å²) >= 11 is 0. The smallest absolute Gasteiger partial charge is 0.264 e. The molecule has 0 spiro atoms. The lowest BCUT2D eigenvalue weighted by molar-refractivity contribution is -0.140. The van der Waals surface area contributed by atoms with Gasteiger partial charge in [-0.2, -0.15) is 0 Å². The predicted molar refractivity (Wildman–Crippen MR) is 151 cm³/mol. The molecular formula is C30H35F2N3O4S. The molecule has 0 aliphatic rings. The van der Waals surface area contributed by atoms with E-state index in [1.54, 1.807) is 19.1 Å². The zero-order chi connectivity index (χ0) is 29.4. The maximum absolute atomic E-state index is 13.9. The maximum Gasteiger partial charge on any atom is 0.264 e. The SMILES string of the molecule is CCC(C(=O)NCC(C)C)N(Cc1ccc(F)cc1)C(=O)CN(c1ccc(F)cc1)S(=O)(=O)c1ccc(C)cc1. The summed E-state index contributed by atoms with van der Waals surface area (Å²) < 4.78 is 55.8. The Bertz CT molecular complexity index is 1390. The summed E-state index contributed by atoms with van der Waals surface area (Å²) in [4.78, 5) is 28.4. The van der Waals surface area contributed by atoms with Gasteiger partial charge >= 0.3 is 0 Å².